The Labute approximate surface area is 107 Å². The Morgan fingerprint density at radius 2 is 1.53 bits per heavy atom. The van der Waals surface area contributed by atoms with Gasteiger partial charge in [0.15, 0.2) is 0 Å². The third-order valence-electron chi connectivity index (χ3n) is 6.68. The highest BCUT2D eigenvalue weighted by atomic mass is 15.4. The predicted octanol–water partition coefficient (Wildman–Crippen LogP) is 4.36. The summed E-state index contributed by atoms with van der Waals surface area (Å²) in [6, 6.07) is 0. The van der Waals surface area contributed by atoms with Gasteiger partial charge in [-0.05, 0) is 64.7 Å². The first-order valence-corrected chi connectivity index (χ1v) is 7.77. The average Bonchev–Trinajstić information content (AvgIpc) is 2.77. The molecule has 1 heteroatoms. The molecule has 0 aromatic heterocycles. The standard InChI is InChI=1S/C16H29N/c1-5-13(2)16-8-6-7-14(3)9-10-15(4,11-12-16)17(14)16/h13H,5-12H2,1-4H3. The topological polar surface area (TPSA) is 3.24 Å². The summed E-state index contributed by atoms with van der Waals surface area (Å²) in [6.45, 7) is 10.0. The molecule has 0 aromatic carbocycles. The highest BCUT2D eigenvalue weighted by molar-refractivity contribution is 5.20. The quantitative estimate of drug-likeness (QED) is 0.687. The highest BCUT2D eigenvalue weighted by Crippen LogP contribution is 2.62. The molecule has 0 saturated carbocycles. The summed E-state index contributed by atoms with van der Waals surface area (Å²) < 4.78 is 0. The number of hydrogen-bond donors (Lipinski definition) is 0. The fraction of sp³-hybridized carbons (Fsp3) is 1.00. The number of hydrogen-bond acceptors (Lipinski definition) is 1. The van der Waals surface area contributed by atoms with Crippen LogP contribution in [0.1, 0.15) is 79.1 Å². The van der Waals surface area contributed by atoms with E-state index in [0.29, 0.717) is 16.6 Å². The van der Waals surface area contributed by atoms with E-state index in [1.165, 1.54) is 51.4 Å². The van der Waals surface area contributed by atoms with Crippen molar-refractivity contribution in [3.8, 4) is 0 Å². The van der Waals surface area contributed by atoms with E-state index in [1.807, 2.05) is 0 Å². The molecule has 4 unspecified atom stereocenters. The van der Waals surface area contributed by atoms with E-state index in [9.17, 15) is 0 Å². The third-order valence-corrected chi connectivity index (χ3v) is 6.68. The molecule has 0 aliphatic carbocycles. The molecule has 3 aliphatic heterocycles. The van der Waals surface area contributed by atoms with Crippen LogP contribution >= 0.6 is 0 Å². The van der Waals surface area contributed by atoms with Gasteiger partial charge >= 0.3 is 0 Å². The largest absolute Gasteiger partial charge is 0.287 e. The van der Waals surface area contributed by atoms with Gasteiger partial charge in [0.1, 0.15) is 0 Å². The van der Waals surface area contributed by atoms with Crippen LogP contribution in [0.25, 0.3) is 0 Å². The third kappa shape index (κ3) is 1.35. The maximum absolute atomic E-state index is 3.03. The van der Waals surface area contributed by atoms with Crippen molar-refractivity contribution >= 4 is 0 Å². The normalized spacial score (nSPS) is 51.5. The summed E-state index contributed by atoms with van der Waals surface area (Å²) in [4.78, 5) is 3.03. The lowest BCUT2D eigenvalue weighted by Gasteiger charge is -2.56. The second kappa shape index (κ2) is 3.50. The Morgan fingerprint density at radius 3 is 2.18 bits per heavy atom. The predicted molar refractivity (Wildman–Crippen MR) is 73.2 cm³/mol. The van der Waals surface area contributed by atoms with Gasteiger partial charge in [0, 0.05) is 16.6 Å². The van der Waals surface area contributed by atoms with Crippen LogP contribution in [0.15, 0.2) is 0 Å². The van der Waals surface area contributed by atoms with Crippen LogP contribution < -0.4 is 0 Å². The highest BCUT2D eigenvalue weighted by Gasteiger charge is 2.64. The SMILES string of the molecule is CCC(C)C12CCCC3(C)CCC(C)(CC1)N32. The van der Waals surface area contributed by atoms with Gasteiger partial charge in [0.2, 0.25) is 0 Å². The molecule has 0 radical (unpaired) electrons. The van der Waals surface area contributed by atoms with Gasteiger partial charge in [-0.1, -0.05) is 20.3 Å². The molecule has 3 aliphatic rings. The zero-order valence-electron chi connectivity index (χ0n) is 12.2. The smallest absolute Gasteiger partial charge is 0.0246 e. The summed E-state index contributed by atoms with van der Waals surface area (Å²) in [5.41, 5.74) is 1.64. The summed E-state index contributed by atoms with van der Waals surface area (Å²) in [7, 11) is 0. The van der Waals surface area contributed by atoms with Gasteiger partial charge < -0.3 is 0 Å². The molecule has 3 heterocycles. The van der Waals surface area contributed by atoms with Crippen molar-refractivity contribution in [1.82, 2.24) is 4.90 Å². The van der Waals surface area contributed by atoms with Crippen LogP contribution in [0.4, 0.5) is 0 Å². The van der Waals surface area contributed by atoms with E-state index in [4.69, 9.17) is 0 Å². The van der Waals surface area contributed by atoms with E-state index >= 15 is 0 Å². The molecule has 98 valence electrons. The van der Waals surface area contributed by atoms with Gasteiger partial charge in [-0.3, -0.25) is 4.90 Å². The van der Waals surface area contributed by atoms with Crippen molar-refractivity contribution in [3.63, 3.8) is 0 Å². The molecular formula is C16H29N. The van der Waals surface area contributed by atoms with Crippen LogP contribution in [0.5, 0.6) is 0 Å². The first-order valence-electron chi connectivity index (χ1n) is 7.77. The van der Waals surface area contributed by atoms with Gasteiger partial charge in [0.25, 0.3) is 0 Å². The van der Waals surface area contributed by atoms with E-state index in [1.54, 1.807) is 0 Å². The monoisotopic (exact) mass is 235 g/mol. The Bertz CT molecular complexity index is 325. The Balaban J connectivity index is 2.05. The average molecular weight is 235 g/mol. The van der Waals surface area contributed by atoms with Crippen molar-refractivity contribution < 1.29 is 0 Å². The number of rotatable bonds is 2. The first kappa shape index (κ1) is 12.0. The minimum atomic E-state index is 0.535. The summed E-state index contributed by atoms with van der Waals surface area (Å²) >= 11 is 0. The van der Waals surface area contributed by atoms with Gasteiger partial charge in [-0.2, -0.15) is 0 Å². The number of piperidine rings is 1. The van der Waals surface area contributed by atoms with Crippen molar-refractivity contribution in [2.45, 2.75) is 95.7 Å². The van der Waals surface area contributed by atoms with Crippen molar-refractivity contribution in [2.24, 2.45) is 5.92 Å². The van der Waals surface area contributed by atoms with Gasteiger partial charge in [-0.15, -0.1) is 0 Å². The number of nitrogens with zero attached hydrogens (tertiary/aromatic N) is 1. The van der Waals surface area contributed by atoms with Crippen molar-refractivity contribution in [2.75, 3.05) is 0 Å². The van der Waals surface area contributed by atoms with Crippen LogP contribution in [-0.4, -0.2) is 21.5 Å². The maximum atomic E-state index is 3.03. The maximum Gasteiger partial charge on any atom is 0.0246 e. The van der Waals surface area contributed by atoms with E-state index in [0.717, 1.165) is 5.92 Å². The van der Waals surface area contributed by atoms with E-state index in [-0.39, 0.29) is 0 Å². The molecule has 3 saturated heterocycles. The summed E-state index contributed by atoms with van der Waals surface area (Å²) in [5.74, 6) is 0.877. The Hall–Kier alpha value is -0.0400. The molecule has 0 N–H and O–H groups in total. The second-order valence-electron chi connectivity index (χ2n) is 7.60. The lowest BCUT2D eigenvalue weighted by molar-refractivity contribution is -0.0719. The van der Waals surface area contributed by atoms with Gasteiger partial charge in [0.05, 0.1) is 0 Å². The van der Waals surface area contributed by atoms with Crippen LogP contribution in [0, 0.1) is 5.92 Å². The molecule has 0 aromatic rings. The molecule has 3 rings (SSSR count). The molecule has 3 fully saturated rings. The van der Waals surface area contributed by atoms with Crippen LogP contribution in [0.3, 0.4) is 0 Å². The zero-order valence-corrected chi connectivity index (χ0v) is 12.2. The molecule has 4 atom stereocenters. The fourth-order valence-corrected chi connectivity index (χ4v) is 5.67. The molecule has 0 amide bonds. The molecule has 0 bridgehead atoms. The summed E-state index contributed by atoms with van der Waals surface area (Å²) in [5, 5.41) is 0. The van der Waals surface area contributed by atoms with Crippen molar-refractivity contribution in [3.05, 3.63) is 0 Å². The lowest BCUT2D eigenvalue weighted by Crippen LogP contribution is -2.63. The van der Waals surface area contributed by atoms with E-state index in [2.05, 4.69) is 32.6 Å². The second-order valence-corrected chi connectivity index (χ2v) is 7.60. The van der Waals surface area contributed by atoms with Gasteiger partial charge in [-0.25, -0.2) is 0 Å². The summed E-state index contributed by atoms with van der Waals surface area (Å²) in [6.07, 6.45) is 11.5. The molecule has 17 heavy (non-hydrogen) atoms. The lowest BCUT2D eigenvalue weighted by atomic mass is 9.70. The minimum Gasteiger partial charge on any atom is -0.287 e. The zero-order chi connectivity index (χ0) is 12.3. The first-order chi connectivity index (χ1) is 7.97. The molecule has 0 spiro atoms. The van der Waals surface area contributed by atoms with Crippen LogP contribution in [0.2, 0.25) is 0 Å². The van der Waals surface area contributed by atoms with E-state index < -0.39 is 0 Å². The molecular weight excluding hydrogens is 206 g/mol. The minimum absolute atomic E-state index is 0.535. The Morgan fingerprint density at radius 1 is 0.941 bits per heavy atom. The van der Waals surface area contributed by atoms with Crippen molar-refractivity contribution in [1.29, 1.82) is 0 Å². The van der Waals surface area contributed by atoms with Crippen LogP contribution in [-0.2, 0) is 0 Å². The Kier molecular flexibility index (Phi) is 2.47. The molecule has 1 nitrogen and oxygen atoms in total. The fourth-order valence-electron chi connectivity index (χ4n) is 5.67.